The topological polar surface area (TPSA) is 17.1 Å². The van der Waals surface area contributed by atoms with Crippen LogP contribution in [0.2, 0.25) is 0 Å². The van der Waals surface area contributed by atoms with Crippen molar-refractivity contribution in [1.29, 1.82) is 0 Å². The van der Waals surface area contributed by atoms with Crippen molar-refractivity contribution in [2.45, 2.75) is 6.42 Å². The van der Waals surface area contributed by atoms with Gasteiger partial charge in [0.2, 0.25) is 0 Å². The first-order valence-electron chi connectivity index (χ1n) is 6.34. The molecule has 0 spiro atoms. The smallest absolute Gasteiger partial charge is 0.159 e. The van der Waals surface area contributed by atoms with Crippen LogP contribution < -0.4 is 0 Å². The summed E-state index contributed by atoms with van der Waals surface area (Å²) in [6.45, 7) is 0. The van der Waals surface area contributed by atoms with Crippen molar-refractivity contribution in [1.82, 2.24) is 0 Å². The third-order valence-corrected chi connectivity index (χ3v) is 4.58. The maximum atomic E-state index is 11.9. The van der Waals surface area contributed by atoms with Crippen molar-refractivity contribution in [2.24, 2.45) is 23.7 Å². The zero-order valence-electron chi connectivity index (χ0n) is 9.54. The van der Waals surface area contributed by atoms with Crippen LogP contribution >= 0.6 is 0 Å². The molecule has 0 aromatic heterocycles. The molecule has 0 heterocycles. The lowest BCUT2D eigenvalue weighted by Gasteiger charge is -2.24. The van der Waals surface area contributed by atoms with E-state index >= 15 is 0 Å². The lowest BCUT2D eigenvalue weighted by molar-refractivity contribution is -0.118. The summed E-state index contributed by atoms with van der Waals surface area (Å²) in [7, 11) is 0. The second kappa shape index (κ2) is 3.19. The summed E-state index contributed by atoms with van der Waals surface area (Å²) in [6, 6.07) is 10.5. The van der Waals surface area contributed by atoms with E-state index < -0.39 is 0 Å². The Hall–Kier alpha value is -1.63. The number of benzene rings is 1. The van der Waals surface area contributed by atoms with Crippen LogP contribution in [0.3, 0.4) is 0 Å². The largest absolute Gasteiger partial charge is 0.295 e. The predicted molar refractivity (Wildman–Crippen MR) is 67.1 cm³/mol. The molecule has 3 aliphatic rings. The van der Waals surface area contributed by atoms with Gasteiger partial charge in [0.15, 0.2) is 5.78 Å². The minimum Gasteiger partial charge on any atom is -0.295 e. The van der Waals surface area contributed by atoms with Gasteiger partial charge in [0.1, 0.15) is 0 Å². The summed E-state index contributed by atoms with van der Waals surface area (Å²) in [5, 5.41) is 0. The maximum absolute atomic E-state index is 11.9. The van der Waals surface area contributed by atoms with Crippen LogP contribution in [0.4, 0.5) is 0 Å². The van der Waals surface area contributed by atoms with E-state index in [2.05, 4.69) is 36.4 Å². The van der Waals surface area contributed by atoms with E-state index in [0.29, 0.717) is 23.5 Å². The average molecular weight is 222 g/mol. The molecule has 84 valence electrons. The fraction of sp³-hybridized carbons (Fsp3) is 0.312. The van der Waals surface area contributed by atoms with Crippen LogP contribution in [0, 0.1) is 23.7 Å². The lowest BCUT2D eigenvalue weighted by atomic mass is 9.79. The standard InChI is InChI=1S/C16H14O/c17-15-7-6-12-11-8-13(14(9-11)16(12)15)10-4-2-1-3-5-10/h1-8,11-12,14,16H,9H2/t11-,12-,14-,16-/m1/s1. The Morgan fingerprint density at radius 2 is 1.94 bits per heavy atom. The van der Waals surface area contributed by atoms with Gasteiger partial charge in [0, 0.05) is 5.92 Å². The molecule has 0 unspecified atom stereocenters. The SMILES string of the molecule is O=C1C=C[C@H]2[C@@H]1[C@@H]1C[C@H]2C=C1c1ccccc1. The van der Waals surface area contributed by atoms with Gasteiger partial charge in [-0.25, -0.2) is 0 Å². The molecule has 0 aliphatic heterocycles. The van der Waals surface area contributed by atoms with Crippen molar-refractivity contribution >= 4 is 11.4 Å². The van der Waals surface area contributed by atoms with E-state index in [1.165, 1.54) is 17.6 Å². The third-order valence-electron chi connectivity index (χ3n) is 4.58. The van der Waals surface area contributed by atoms with Gasteiger partial charge in [-0.15, -0.1) is 0 Å². The van der Waals surface area contributed by atoms with Crippen LogP contribution in [-0.2, 0) is 4.79 Å². The van der Waals surface area contributed by atoms with Crippen LogP contribution in [0.1, 0.15) is 12.0 Å². The van der Waals surface area contributed by atoms with Gasteiger partial charge >= 0.3 is 0 Å². The molecule has 0 N–H and O–H groups in total. The molecule has 1 saturated carbocycles. The molecule has 3 aliphatic carbocycles. The van der Waals surface area contributed by atoms with Crippen molar-refractivity contribution in [3.63, 3.8) is 0 Å². The quantitative estimate of drug-likeness (QED) is 0.713. The van der Waals surface area contributed by atoms with E-state index in [0.717, 1.165) is 0 Å². The van der Waals surface area contributed by atoms with Crippen LogP contribution in [0.25, 0.3) is 5.57 Å². The third kappa shape index (κ3) is 1.17. The van der Waals surface area contributed by atoms with Crippen molar-refractivity contribution < 1.29 is 4.79 Å². The molecule has 1 aromatic rings. The maximum Gasteiger partial charge on any atom is 0.159 e. The molecular weight excluding hydrogens is 208 g/mol. The fourth-order valence-corrected chi connectivity index (χ4v) is 3.89. The number of hydrogen-bond donors (Lipinski definition) is 0. The fourth-order valence-electron chi connectivity index (χ4n) is 3.89. The number of allylic oxidation sites excluding steroid dienone is 4. The van der Waals surface area contributed by atoms with Crippen LogP contribution in [0.15, 0.2) is 48.6 Å². The molecule has 1 fully saturated rings. The number of carbonyl (C=O) groups excluding carboxylic acids is 1. The van der Waals surface area contributed by atoms with E-state index in [4.69, 9.17) is 0 Å². The second-order valence-corrected chi connectivity index (χ2v) is 5.36. The molecule has 1 nitrogen and oxygen atoms in total. The molecule has 17 heavy (non-hydrogen) atoms. The number of ketones is 1. The minimum absolute atomic E-state index is 0.250. The molecule has 1 aromatic carbocycles. The number of carbonyl (C=O) groups is 1. The molecular formula is C16H14O. The number of hydrogen-bond acceptors (Lipinski definition) is 1. The Morgan fingerprint density at radius 3 is 2.76 bits per heavy atom. The first-order valence-corrected chi connectivity index (χ1v) is 6.34. The number of fused-ring (bicyclic) bond motifs is 5. The summed E-state index contributed by atoms with van der Waals surface area (Å²) in [5.74, 6) is 2.17. The zero-order chi connectivity index (χ0) is 11.4. The van der Waals surface area contributed by atoms with E-state index in [-0.39, 0.29) is 5.92 Å². The highest BCUT2D eigenvalue weighted by Gasteiger charge is 2.51. The van der Waals surface area contributed by atoms with E-state index in [9.17, 15) is 4.79 Å². The minimum atomic E-state index is 0.250. The van der Waals surface area contributed by atoms with Crippen LogP contribution in [0.5, 0.6) is 0 Å². The normalized spacial score (nSPS) is 37.4. The summed E-state index contributed by atoms with van der Waals surface area (Å²) in [6.07, 6.45) is 7.52. The molecule has 0 radical (unpaired) electrons. The Bertz CT molecular complexity index is 538. The van der Waals surface area contributed by atoms with Gasteiger partial charge in [0.05, 0.1) is 0 Å². The van der Waals surface area contributed by atoms with Crippen molar-refractivity contribution in [3.8, 4) is 0 Å². The highest BCUT2D eigenvalue weighted by Crippen LogP contribution is 2.57. The Kier molecular flexibility index (Phi) is 1.77. The molecule has 4 atom stereocenters. The highest BCUT2D eigenvalue weighted by molar-refractivity contribution is 5.97. The van der Waals surface area contributed by atoms with Crippen molar-refractivity contribution in [2.75, 3.05) is 0 Å². The second-order valence-electron chi connectivity index (χ2n) is 5.36. The van der Waals surface area contributed by atoms with Crippen molar-refractivity contribution in [3.05, 3.63) is 54.1 Å². The van der Waals surface area contributed by atoms with Gasteiger partial charge in [-0.3, -0.25) is 4.79 Å². The molecule has 0 amide bonds. The molecule has 1 heteroatoms. The monoisotopic (exact) mass is 222 g/mol. The molecule has 4 rings (SSSR count). The van der Waals surface area contributed by atoms with E-state index in [1.54, 1.807) is 6.08 Å². The average Bonchev–Trinajstić information content (AvgIpc) is 3.03. The summed E-state index contributed by atoms with van der Waals surface area (Å²) < 4.78 is 0. The Morgan fingerprint density at radius 1 is 1.12 bits per heavy atom. The van der Waals surface area contributed by atoms with Gasteiger partial charge in [-0.2, -0.15) is 0 Å². The number of rotatable bonds is 1. The zero-order valence-corrected chi connectivity index (χ0v) is 9.54. The molecule has 0 saturated heterocycles. The first-order chi connectivity index (χ1) is 8.34. The highest BCUT2D eigenvalue weighted by atomic mass is 16.1. The summed E-state index contributed by atoms with van der Waals surface area (Å²) in [4.78, 5) is 11.9. The Labute approximate surface area is 101 Å². The predicted octanol–water partition coefficient (Wildman–Crippen LogP) is 3.09. The summed E-state index contributed by atoms with van der Waals surface area (Å²) >= 11 is 0. The Balaban J connectivity index is 1.76. The lowest BCUT2D eigenvalue weighted by Crippen LogP contribution is -2.22. The van der Waals surface area contributed by atoms with E-state index in [1.807, 2.05) is 6.07 Å². The van der Waals surface area contributed by atoms with Gasteiger partial charge in [-0.1, -0.05) is 42.5 Å². The van der Waals surface area contributed by atoms with Gasteiger partial charge in [0.25, 0.3) is 0 Å². The van der Waals surface area contributed by atoms with Gasteiger partial charge < -0.3 is 0 Å². The van der Waals surface area contributed by atoms with Crippen LogP contribution in [-0.4, -0.2) is 5.78 Å². The summed E-state index contributed by atoms with van der Waals surface area (Å²) in [5.41, 5.74) is 2.71. The van der Waals surface area contributed by atoms with Gasteiger partial charge in [-0.05, 0) is 41.4 Å². The first kappa shape index (κ1) is 9.41. The molecule has 2 bridgehead atoms.